The van der Waals surface area contributed by atoms with E-state index in [9.17, 15) is 9.90 Å². The first kappa shape index (κ1) is 13.9. The molecule has 0 aromatic heterocycles. The van der Waals surface area contributed by atoms with Gasteiger partial charge in [0.2, 0.25) is 5.91 Å². The van der Waals surface area contributed by atoms with Gasteiger partial charge in [-0.05, 0) is 23.3 Å². The minimum atomic E-state index is 0.209. The van der Waals surface area contributed by atoms with E-state index in [1.54, 1.807) is 11.0 Å². The van der Waals surface area contributed by atoms with Crippen LogP contribution in [0.3, 0.4) is 0 Å². The Bertz CT molecular complexity index is 669. The van der Waals surface area contributed by atoms with Crippen molar-refractivity contribution in [1.82, 2.24) is 10.2 Å². The highest BCUT2D eigenvalue weighted by molar-refractivity contribution is 5.87. The number of likely N-dealkylation sites (tertiary alicyclic amines) is 1. The molecule has 0 bridgehead atoms. The third kappa shape index (κ3) is 2.85. The van der Waals surface area contributed by atoms with Crippen LogP contribution in [0.1, 0.15) is 18.4 Å². The first-order valence-corrected chi connectivity index (χ1v) is 7.32. The average molecular weight is 284 g/mol. The van der Waals surface area contributed by atoms with Gasteiger partial charge in [0, 0.05) is 38.2 Å². The number of benzene rings is 2. The Morgan fingerprint density at radius 1 is 1.29 bits per heavy atom. The second kappa shape index (κ2) is 5.74. The lowest BCUT2D eigenvalue weighted by Crippen LogP contribution is -2.46. The SMILES string of the molecule is CN1CC(NCc2c(O)ccc3ccccc23)CCC1=O. The normalized spacial score (nSPS) is 19.2. The van der Waals surface area contributed by atoms with Gasteiger partial charge in [-0.3, -0.25) is 4.79 Å². The molecule has 1 aliphatic rings. The van der Waals surface area contributed by atoms with E-state index in [2.05, 4.69) is 5.32 Å². The number of piperidine rings is 1. The van der Waals surface area contributed by atoms with Crippen LogP contribution >= 0.6 is 0 Å². The molecule has 4 heteroatoms. The summed E-state index contributed by atoms with van der Waals surface area (Å²) in [6.07, 6.45) is 1.45. The zero-order valence-corrected chi connectivity index (χ0v) is 12.2. The van der Waals surface area contributed by atoms with Crippen molar-refractivity contribution >= 4 is 16.7 Å². The van der Waals surface area contributed by atoms with Gasteiger partial charge in [0.1, 0.15) is 5.75 Å². The zero-order valence-electron chi connectivity index (χ0n) is 12.2. The van der Waals surface area contributed by atoms with Gasteiger partial charge in [0.25, 0.3) is 0 Å². The summed E-state index contributed by atoms with van der Waals surface area (Å²) in [6.45, 7) is 1.34. The number of likely N-dealkylation sites (N-methyl/N-ethyl adjacent to an activating group) is 1. The largest absolute Gasteiger partial charge is 0.508 e. The molecule has 1 atom stereocenters. The fourth-order valence-corrected chi connectivity index (χ4v) is 2.94. The van der Waals surface area contributed by atoms with Crippen molar-refractivity contribution in [1.29, 1.82) is 0 Å². The van der Waals surface area contributed by atoms with E-state index in [1.807, 2.05) is 37.4 Å². The van der Waals surface area contributed by atoms with E-state index in [0.29, 0.717) is 18.7 Å². The van der Waals surface area contributed by atoms with Crippen molar-refractivity contribution in [2.45, 2.75) is 25.4 Å². The zero-order chi connectivity index (χ0) is 14.8. The van der Waals surface area contributed by atoms with Crippen LogP contribution in [0, 0.1) is 0 Å². The number of carbonyl (C=O) groups excluding carboxylic acids is 1. The lowest BCUT2D eigenvalue weighted by atomic mass is 10.0. The summed E-state index contributed by atoms with van der Waals surface area (Å²) in [5.74, 6) is 0.530. The smallest absolute Gasteiger partial charge is 0.222 e. The minimum absolute atomic E-state index is 0.209. The molecule has 2 aromatic rings. The second-order valence-electron chi connectivity index (χ2n) is 5.68. The van der Waals surface area contributed by atoms with Gasteiger partial charge in [-0.2, -0.15) is 0 Å². The quantitative estimate of drug-likeness (QED) is 0.909. The highest BCUT2D eigenvalue weighted by Gasteiger charge is 2.22. The molecule has 1 fully saturated rings. The molecule has 0 radical (unpaired) electrons. The highest BCUT2D eigenvalue weighted by Crippen LogP contribution is 2.27. The predicted molar refractivity (Wildman–Crippen MR) is 83.1 cm³/mol. The maximum atomic E-state index is 11.5. The number of amides is 1. The average Bonchev–Trinajstić information content (AvgIpc) is 2.50. The lowest BCUT2D eigenvalue weighted by molar-refractivity contribution is -0.132. The van der Waals surface area contributed by atoms with Crippen LogP contribution in [0.15, 0.2) is 36.4 Å². The molecule has 1 unspecified atom stereocenters. The summed E-state index contributed by atoms with van der Waals surface area (Å²) >= 11 is 0. The summed E-state index contributed by atoms with van der Waals surface area (Å²) < 4.78 is 0. The Kier molecular flexibility index (Phi) is 3.80. The molecule has 1 saturated heterocycles. The van der Waals surface area contributed by atoms with E-state index in [1.165, 1.54) is 0 Å². The first-order valence-electron chi connectivity index (χ1n) is 7.32. The third-order valence-electron chi connectivity index (χ3n) is 4.21. The number of aromatic hydroxyl groups is 1. The third-order valence-corrected chi connectivity index (χ3v) is 4.21. The van der Waals surface area contributed by atoms with Gasteiger partial charge < -0.3 is 15.3 Å². The number of rotatable bonds is 3. The van der Waals surface area contributed by atoms with Crippen LogP contribution in [-0.4, -0.2) is 35.5 Å². The van der Waals surface area contributed by atoms with Crippen molar-refractivity contribution in [3.63, 3.8) is 0 Å². The van der Waals surface area contributed by atoms with Crippen LogP contribution < -0.4 is 5.32 Å². The first-order chi connectivity index (χ1) is 10.1. The number of hydrogen-bond donors (Lipinski definition) is 2. The summed E-state index contributed by atoms with van der Waals surface area (Å²) in [5, 5.41) is 15.8. The maximum absolute atomic E-state index is 11.5. The van der Waals surface area contributed by atoms with Gasteiger partial charge >= 0.3 is 0 Å². The molecule has 2 N–H and O–H groups in total. The predicted octanol–water partition coefficient (Wildman–Crippen LogP) is 2.26. The number of hydrogen-bond acceptors (Lipinski definition) is 3. The van der Waals surface area contributed by atoms with E-state index in [0.717, 1.165) is 29.3 Å². The van der Waals surface area contributed by atoms with Crippen LogP contribution in [0.25, 0.3) is 10.8 Å². The lowest BCUT2D eigenvalue weighted by Gasteiger charge is -2.30. The van der Waals surface area contributed by atoms with Gasteiger partial charge in [-0.1, -0.05) is 30.3 Å². The van der Waals surface area contributed by atoms with Crippen molar-refractivity contribution in [2.24, 2.45) is 0 Å². The van der Waals surface area contributed by atoms with Crippen LogP contribution in [0.4, 0.5) is 0 Å². The summed E-state index contributed by atoms with van der Waals surface area (Å²) in [5.41, 5.74) is 0.924. The van der Waals surface area contributed by atoms with Gasteiger partial charge in [0.15, 0.2) is 0 Å². The number of nitrogens with one attached hydrogen (secondary N) is 1. The number of phenols is 1. The molecule has 3 rings (SSSR count). The van der Waals surface area contributed by atoms with Gasteiger partial charge in [-0.15, -0.1) is 0 Å². The molecular weight excluding hydrogens is 264 g/mol. The maximum Gasteiger partial charge on any atom is 0.222 e. The van der Waals surface area contributed by atoms with Crippen LogP contribution in [0.2, 0.25) is 0 Å². The number of fused-ring (bicyclic) bond motifs is 1. The number of phenolic OH excluding ortho intramolecular Hbond substituents is 1. The fraction of sp³-hybridized carbons (Fsp3) is 0.353. The molecule has 2 aromatic carbocycles. The van der Waals surface area contributed by atoms with Crippen molar-refractivity contribution in [3.05, 3.63) is 42.0 Å². The molecule has 0 spiro atoms. The molecule has 1 aliphatic heterocycles. The van der Waals surface area contributed by atoms with Crippen molar-refractivity contribution < 1.29 is 9.90 Å². The standard InChI is InChI=1S/C17H20N2O2/c1-19-11-13(7-9-17(19)21)18-10-15-14-5-3-2-4-12(14)6-8-16(15)20/h2-6,8,13,18,20H,7,9-11H2,1H3. The Morgan fingerprint density at radius 2 is 2.10 bits per heavy atom. The molecule has 0 saturated carbocycles. The summed E-state index contributed by atoms with van der Waals surface area (Å²) in [6, 6.07) is 12.0. The fourth-order valence-electron chi connectivity index (χ4n) is 2.94. The minimum Gasteiger partial charge on any atom is -0.508 e. The Labute approximate surface area is 124 Å². The molecule has 110 valence electrons. The molecule has 1 heterocycles. The summed E-state index contributed by atoms with van der Waals surface area (Å²) in [7, 11) is 1.84. The molecular formula is C17H20N2O2. The van der Waals surface area contributed by atoms with E-state index >= 15 is 0 Å². The molecule has 4 nitrogen and oxygen atoms in total. The van der Waals surface area contributed by atoms with Gasteiger partial charge in [-0.25, -0.2) is 0 Å². The molecule has 0 aliphatic carbocycles. The van der Waals surface area contributed by atoms with Crippen LogP contribution in [0.5, 0.6) is 5.75 Å². The van der Waals surface area contributed by atoms with Gasteiger partial charge in [0.05, 0.1) is 0 Å². The number of carbonyl (C=O) groups is 1. The van der Waals surface area contributed by atoms with E-state index < -0.39 is 0 Å². The van der Waals surface area contributed by atoms with E-state index in [-0.39, 0.29) is 11.9 Å². The topological polar surface area (TPSA) is 52.6 Å². The van der Waals surface area contributed by atoms with Crippen molar-refractivity contribution in [2.75, 3.05) is 13.6 Å². The number of nitrogens with zero attached hydrogens (tertiary/aromatic N) is 1. The molecule has 1 amide bonds. The second-order valence-corrected chi connectivity index (χ2v) is 5.68. The monoisotopic (exact) mass is 284 g/mol. The van der Waals surface area contributed by atoms with E-state index in [4.69, 9.17) is 0 Å². The highest BCUT2D eigenvalue weighted by atomic mass is 16.3. The van der Waals surface area contributed by atoms with Crippen molar-refractivity contribution in [3.8, 4) is 5.75 Å². The van der Waals surface area contributed by atoms with Crippen LogP contribution in [-0.2, 0) is 11.3 Å². The Hall–Kier alpha value is -2.07. The Morgan fingerprint density at radius 3 is 2.90 bits per heavy atom. The summed E-state index contributed by atoms with van der Waals surface area (Å²) in [4.78, 5) is 13.3. The Balaban J connectivity index is 1.76. The molecule has 21 heavy (non-hydrogen) atoms.